The van der Waals surface area contributed by atoms with Crippen molar-refractivity contribution in [3.63, 3.8) is 0 Å². The molecule has 3 nitrogen and oxygen atoms in total. The average molecular weight is 245 g/mol. The van der Waals surface area contributed by atoms with E-state index in [0.29, 0.717) is 12.0 Å². The number of rotatable bonds is 1. The summed E-state index contributed by atoms with van der Waals surface area (Å²) in [5, 5.41) is 0. The summed E-state index contributed by atoms with van der Waals surface area (Å²) in [7, 11) is 3.62. The van der Waals surface area contributed by atoms with Crippen LogP contribution in [0, 0.1) is 0 Å². The SMILES string of the molecule is COc1ccc2c(c1)C1CCCC[C@@H]1N(C)C2=O. The smallest absolute Gasteiger partial charge is 0.254 e. The Bertz CT molecular complexity index is 483. The van der Waals surface area contributed by atoms with Crippen LogP contribution in [0.25, 0.3) is 0 Å². The number of ether oxygens (including phenoxy) is 1. The molecule has 2 atom stereocenters. The molecule has 0 radical (unpaired) electrons. The molecule has 1 heterocycles. The Labute approximate surface area is 108 Å². The molecular weight excluding hydrogens is 226 g/mol. The van der Waals surface area contributed by atoms with Gasteiger partial charge in [-0.3, -0.25) is 4.79 Å². The highest BCUT2D eigenvalue weighted by molar-refractivity contribution is 5.97. The first kappa shape index (κ1) is 11.6. The number of carbonyl (C=O) groups excluding carboxylic acids is 1. The molecule has 96 valence electrons. The fourth-order valence-electron chi connectivity index (χ4n) is 3.45. The van der Waals surface area contributed by atoms with Crippen LogP contribution in [0.5, 0.6) is 5.75 Å². The van der Waals surface area contributed by atoms with Gasteiger partial charge in [0.2, 0.25) is 0 Å². The zero-order valence-corrected chi connectivity index (χ0v) is 11.0. The maximum Gasteiger partial charge on any atom is 0.254 e. The molecule has 0 bridgehead atoms. The lowest BCUT2D eigenvalue weighted by Crippen LogP contribution is -2.46. The number of nitrogens with zero attached hydrogens (tertiary/aromatic N) is 1. The highest BCUT2D eigenvalue weighted by Gasteiger charge is 2.38. The zero-order valence-electron chi connectivity index (χ0n) is 11.0. The van der Waals surface area contributed by atoms with Gasteiger partial charge in [0.05, 0.1) is 7.11 Å². The maximum atomic E-state index is 12.4. The molecule has 1 unspecified atom stereocenters. The van der Waals surface area contributed by atoms with E-state index >= 15 is 0 Å². The minimum atomic E-state index is 0.163. The lowest BCUT2D eigenvalue weighted by atomic mass is 9.75. The normalized spacial score (nSPS) is 26.6. The third-order valence-corrected chi connectivity index (χ3v) is 4.44. The first-order chi connectivity index (χ1) is 8.72. The predicted molar refractivity (Wildman–Crippen MR) is 70.1 cm³/mol. The molecule has 1 aromatic carbocycles. The van der Waals surface area contributed by atoms with Crippen molar-refractivity contribution in [2.75, 3.05) is 14.2 Å². The van der Waals surface area contributed by atoms with E-state index < -0.39 is 0 Å². The van der Waals surface area contributed by atoms with Crippen molar-refractivity contribution in [3.05, 3.63) is 29.3 Å². The Morgan fingerprint density at radius 1 is 1.28 bits per heavy atom. The Morgan fingerprint density at radius 2 is 2.06 bits per heavy atom. The van der Waals surface area contributed by atoms with E-state index in [1.807, 2.05) is 24.1 Å². The number of benzene rings is 1. The van der Waals surface area contributed by atoms with Crippen LogP contribution in [0.15, 0.2) is 18.2 Å². The first-order valence-corrected chi connectivity index (χ1v) is 6.67. The van der Waals surface area contributed by atoms with Crippen LogP contribution >= 0.6 is 0 Å². The second-order valence-corrected chi connectivity index (χ2v) is 5.33. The summed E-state index contributed by atoms with van der Waals surface area (Å²) in [4.78, 5) is 14.3. The van der Waals surface area contributed by atoms with Crippen LogP contribution in [-0.2, 0) is 0 Å². The molecule has 1 fully saturated rings. The third-order valence-electron chi connectivity index (χ3n) is 4.44. The number of amides is 1. The molecule has 1 aliphatic carbocycles. The van der Waals surface area contributed by atoms with Crippen LogP contribution in [0.3, 0.4) is 0 Å². The van der Waals surface area contributed by atoms with Crippen LogP contribution in [0.2, 0.25) is 0 Å². The van der Waals surface area contributed by atoms with Crippen LogP contribution in [-0.4, -0.2) is 31.0 Å². The molecule has 1 aliphatic heterocycles. The van der Waals surface area contributed by atoms with Crippen molar-refractivity contribution in [2.45, 2.75) is 37.6 Å². The molecule has 3 rings (SSSR count). The van der Waals surface area contributed by atoms with E-state index in [4.69, 9.17) is 4.74 Å². The molecule has 0 N–H and O–H groups in total. The van der Waals surface area contributed by atoms with Gasteiger partial charge < -0.3 is 9.64 Å². The highest BCUT2D eigenvalue weighted by atomic mass is 16.5. The summed E-state index contributed by atoms with van der Waals surface area (Å²) in [6.07, 6.45) is 4.81. The highest BCUT2D eigenvalue weighted by Crippen LogP contribution is 2.42. The lowest BCUT2D eigenvalue weighted by Gasteiger charge is -2.43. The average Bonchev–Trinajstić information content (AvgIpc) is 2.44. The van der Waals surface area contributed by atoms with Gasteiger partial charge in [0.25, 0.3) is 5.91 Å². The first-order valence-electron chi connectivity index (χ1n) is 6.67. The van der Waals surface area contributed by atoms with Gasteiger partial charge in [-0.1, -0.05) is 12.8 Å². The standard InChI is InChI=1S/C15H19NO2/c1-16-14-6-4-3-5-11(14)13-9-10(18-2)7-8-12(13)15(16)17/h7-9,11,14H,3-6H2,1-2H3/t11?,14-/m0/s1. The number of hydrogen-bond acceptors (Lipinski definition) is 2. The van der Waals surface area contributed by atoms with Gasteiger partial charge in [-0.25, -0.2) is 0 Å². The van der Waals surface area contributed by atoms with E-state index in [1.165, 1.54) is 24.8 Å². The molecule has 1 saturated carbocycles. The van der Waals surface area contributed by atoms with Crippen molar-refractivity contribution in [3.8, 4) is 5.75 Å². The van der Waals surface area contributed by atoms with E-state index in [1.54, 1.807) is 7.11 Å². The number of methoxy groups -OCH3 is 1. The molecule has 0 spiro atoms. The van der Waals surface area contributed by atoms with Gasteiger partial charge in [0.15, 0.2) is 0 Å². The van der Waals surface area contributed by atoms with Crippen LogP contribution in [0.1, 0.15) is 47.5 Å². The van der Waals surface area contributed by atoms with E-state index in [2.05, 4.69) is 6.07 Å². The van der Waals surface area contributed by atoms with Gasteiger partial charge in [-0.05, 0) is 36.6 Å². The number of carbonyl (C=O) groups is 1. The summed E-state index contributed by atoms with van der Waals surface area (Å²) < 4.78 is 5.30. The van der Waals surface area contributed by atoms with Gasteiger partial charge >= 0.3 is 0 Å². The summed E-state index contributed by atoms with van der Waals surface area (Å²) in [6, 6.07) is 6.24. The van der Waals surface area contributed by atoms with Crippen LogP contribution in [0.4, 0.5) is 0 Å². The lowest BCUT2D eigenvalue weighted by molar-refractivity contribution is 0.0628. The van der Waals surface area contributed by atoms with E-state index in [9.17, 15) is 4.79 Å². The summed E-state index contributed by atoms with van der Waals surface area (Å²) in [5.74, 6) is 1.51. The maximum absolute atomic E-state index is 12.4. The summed E-state index contributed by atoms with van der Waals surface area (Å²) in [6.45, 7) is 0. The van der Waals surface area contributed by atoms with Crippen molar-refractivity contribution < 1.29 is 9.53 Å². The Morgan fingerprint density at radius 3 is 2.83 bits per heavy atom. The van der Waals surface area contributed by atoms with Crippen LogP contribution < -0.4 is 4.74 Å². The van der Waals surface area contributed by atoms with Crippen molar-refractivity contribution in [1.82, 2.24) is 4.90 Å². The fraction of sp³-hybridized carbons (Fsp3) is 0.533. The van der Waals surface area contributed by atoms with Gasteiger partial charge in [0.1, 0.15) is 5.75 Å². The topological polar surface area (TPSA) is 29.5 Å². The Balaban J connectivity index is 2.10. The molecule has 2 aliphatic rings. The van der Waals surface area contributed by atoms with Gasteiger partial charge in [-0.15, -0.1) is 0 Å². The van der Waals surface area contributed by atoms with Crippen molar-refractivity contribution in [2.24, 2.45) is 0 Å². The predicted octanol–water partition coefficient (Wildman–Crippen LogP) is 2.81. The second kappa shape index (κ2) is 4.30. The minimum absolute atomic E-state index is 0.163. The third kappa shape index (κ3) is 1.61. The minimum Gasteiger partial charge on any atom is -0.497 e. The molecule has 1 amide bonds. The summed E-state index contributed by atoms with van der Waals surface area (Å²) in [5.41, 5.74) is 2.06. The van der Waals surface area contributed by atoms with Gasteiger partial charge in [-0.2, -0.15) is 0 Å². The molecule has 3 heteroatoms. The monoisotopic (exact) mass is 245 g/mol. The fourth-order valence-corrected chi connectivity index (χ4v) is 3.45. The van der Waals surface area contributed by atoms with E-state index in [0.717, 1.165) is 17.7 Å². The number of likely N-dealkylation sites (N-methyl/N-ethyl adjacent to an activating group) is 1. The molecular formula is C15H19NO2. The quantitative estimate of drug-likeness (QED) is 0.761. The number of hydrogen-bond donors (Lipinski definition) is 0. The second-order valence-electron chi connectivity index (χ2n) is 5.33. The van der Waals surface area contributed by atoms with Gasteiger partial charge in [0, 0.05) is 24.6 Å². The summed E-state index contributed by atoms with van der Waals surface area (Å²) >= 11 is 0. The van der Waals surface area contributed by atoms with Crippen molar-refractivity contribution in [1.29, 1.82) is 0 Å². The van der Waals surface area contributed by atoms with Crippen molar-refractivity contribution >= 4 is 5.91 Å². The Kier molecular flexibility index (Phi) is 2.77. The zero-order chi connectivity index (χ0) is 12.7. The Hall–Kier alpha value is -1.51. The molecule has 18 heavy (non-hydrogen) atoms. The molecule has 0 saturated heterocycles. The molecule has 0 aromatic heterocycles. The van der Waals surface area contributed by atoms with E-state index in [-0.39, 0.29) is 5.91 Å². The number of fused-ring (bicyclic) bond motifs is 3. The largest absolute Gasteiger partial charge is 0.497 e. The molecule has 1 aromatic rings.